The molecule has 84 valence electrons. The molecule has 3 heteroatoms. The van der Waals surface area contributed by atoms with E-state index in [1.165, 1.54) is 0 Å². The maximum absolute atomic E-state index is 11.8. The van der Waals surface area contributed by atoms with Crippen LogP contribution in [0.25, 0.3) is 0 Å². The fourth-order valence-electron chi connectivity index (χ4n) is 1.33. The molecule has 0 amide bonds. The van der Waals surface area contributed by atoms with Gasteiger partial charge in [-0.05, 0) is 26.8 Å². The largest absolute Gasteiger partial charge is 0.348 e. The third kappa shape index (κ3) is 2.67. The Labute approximate surface area is 91.2 Å². The summed E-state index contributed by atoms with van der Waals surface area (Å²) >= 11 is 0. The van der Waals surface area contributed by atoms with Gasteiger partial charge in [0.15, 0.2) is 0 Å². The van der Waals surface area contributed by atoms with Gasteiger partial charge in [-0.25, -0.2) is 4.79 Å². The lowest BCUT2D eigenvalue weighted by molar-refractivity contribution is 0.373. The topological polar surface area (TPSA) is 34.9 Å². The van der Waals surface area contributed by atoms with Crippen LogP contribution in [0.3, 0.4) is 0 Å². The van der Waals surface area contributed by atoms with Gasteiger partial charge < -0.3 is 0 Å². The van der Waals surface area contributed by atoms with Crippen molar-refractivity contribution in [1.82, 2.24) is 9.55 Å². The smallest absolute Gasteiger partial charge is 0.294 e. The molecule has 0 bridgehead atoms. The van der Waals surface area contributed by atoms with E-state index in [-0.39, 0.29) is 16.6 Å². The van der Waals surface area contributed by atoms with Crippen LogP contribution in [0, 0.1) is 0 Å². The van der Waals surface area contributed by atoms with E-state index < -0.39 is 0 Å². The third-order valence-electron chi connectivity index (χ3n) is 2.29. The fraction of sp³-hybridized carbons (Fsp3) is 0.667. The SMILES string of the molecule is CC(C)(C)c1ccn(C(C)(C)C)c(=O)n1. The van der Waals surface area contributed by atoms with Gasteiger partial charge in [-0.2, -0.15) is 4.98 Å². The molecule has 0 radical (unpaired) electrons. The lowest BCUT2D eigenvalue weighted by Crippen LogP contribution is -2.36. The van der Waals surface area contributed by atoms with Crippen LogP contribution in [0.5, 0.6) is 0 Å². The zero-order valence-electron chi connectivity index (χ0n) is 10.5. The lowest BCUT2D eigenvalue weighted by atomic mass is 9.92. The van der Waals surface area contributed by atoms with Gasteiger partial charge in [0.1, 0.15) is 0 Å². The highest BCUT2D eigenvalue weighted by Gasteiger charge is 2.19. The van der Waals surface area contributed by atoms with Crippen LogP contribution >= 0.6 is 0 Å². The molecule has 3 nitrogen and oxygen atoms in total. The second kappa shape index (κ2) is 3.47. The molecule has 0 spiro atoms. The molecular weight excluding hydrogens is 188 g/mol. The normalized spacial score (nSPS) is 12.9. The maximum atomic E-state index is 11.8. The van der Waals surface area contributed by atoms with Crippen molar-refractivity contribution in [3.63, 3.8) is 0 Å². The van der Waals surface area contributed by atoms with Crippen molar-refractivity contribution >= 4 is 0 Å². The average molecular weight is 208 g/mol. The Kier molecular flexibility index (Phi) is 2.77. The summed E-state index contributed by atoms with van der Waals surface area (Å²) in [7, 11) is 0. The van der Waals surface area contributed by atoms with Crippen molar-refractivity contribution in [1.29, 1.82) is 0 Å². The Bertz CT molecular complexity index is 405. The molecule has 0 unspecified atom stereocenters. The van der Waals surface area contributed by atoms with Crippen molar-refractivity contribution in [3.8, 4) is 0 Å². The Morgan fingerprint density at radius 2 is 1.67 bits per heavy atom. The van der Waals surface area contributed by atoms with Gasteiger partial charge in [0.25, 0.3) is 0 Å². The van der Waals surface area contributed by atoms with Crippen molar-refractivity contribution in [2.24, 2.45) is 0 Å². The molecule has 0 N–H and O–H groups in total. The van der Waals surface area contributed by atoms with Crippen molar-refractivity contribution < 1.29 is 0 Å². The first-order valence-electron chi connectivity index (χ1n) is 5.23. The molecule has 0 fully saturated rings. The zero-order chi connectivity index (χ0) is 11.9. The maximum Gasteiger partial charge on any atom is 0.348 e. The van der Waals surface area contributed by atoms with Crippen molar-refractivity contribution in [2.75, 3.05) is 0 Å². The van der Waals surface area contributed by atoms with Crippen LogP contribution in [0.2, 0.25) is 0 Å². The molecule has 1 rings (SSSR count). The monoisotopic (exact) mass is 208 g/mol. The van der Waals surface area contributed by atoms with Crippen LogP contribution in [0.1, 0.15) is 47.2 Å². The lowest BCUT2D eigenvalue weighted by Gasteiger charge is -2.23. The summed E-state index contributed by atoms with van der Waals surface area (Å²) in [5.74, 6) is 0. The van der Waals surface area contributed by atoms with Crippen molar-refractivity contribution in [2.45, 2.75) is 52.5 Å². The van der Waals surface area contributed by atoms with E-state index in [9.17, 15) is 4.79 Å². The Morgan fingerprint density at radius 3 is 2.00 bits per heavy atom. The molecule has 0 saturated carbocycles. The predicted octanol–water partition coefficient (Wildman–Crippen LogP) is 2.30. The number of aromatic nitrogens is 2. The van der Waals surface area contributed by atoms with E-state index in [1.54, 1.807) is 4.57 Å². The molecular formula is C12H20N2O. The second-order valence-corrected chi connectivity index (χ2v) is 5.89. The van der Waals surface area contributed by atoms with Crippen LogP contribution in [-0.4, -0.2) is 9.55 Å². The van der Waals surface area contributed by atoms with E-state index >= 15 is 0 Å². The summed E-state index contributed by atoms with van der Waals surface area (Å²) in [6.07, 6.45) is 1.83. The average Bonchev–Trinajstić information content (AvgIpc) is 1.99. The standard InChI is InChI=1S/C12H20N2O/c1-11(2,3)9-7-8-14(10(15)13-9)12(4,5)6/h7-8H,1-6H3. The number of nitrogens with zero attached hydrogens (tertiary/aromatic N) is 2. The quantitative estimate of drug-likeness (QED) is 0.655. The highest BCUT2D eigenvalue weighted by Crippen LogP contribution is 2.19. The minimum Gasteiger partial charge on any atom is -0.294 e. The van der Waals surface area contributed by atoms with Crippen LogP contribution in [-0.2, 0) is 11.0 Å². The summed E-state index contributed by atoms with van der Waals surface area (Å²) in [5.41, 5.74) is 0.388. The first-order valence-corrected chi connectivity index (χ1v) is 5.23. The molecule has 0 atom stereocenters. The minimum atomic E-state index is -0.208. The number of hydrogen-bond donors (Lipinski definition) is 0. The minimum absolute atomic E-state index is 0.0733. The summed E-state index contributed by atoms with van der Waals surface area (Å²) in [5, 5.41) is 0. The van der Waals surface area contributed by atoms with Gasteiger partial charge in [-0.1, -0.05) is 20.8 Å². The summed E-state index contributed by atoms with van der Waals surface area (Å²) < 4.78 is 1.66. The molecule has 15 heavy (non-hydrogen) atoms. The molecule has 1 aromatic rings. The van der Waals surface area contributed by atoms with Crippen LogP contribution in [0.15, 0.2) is 17.1 Å². The first kappa shape index (κ1) is 12.0. The molecule has 0 aliphatic rings. The Balaban J connectivity index is 3.28. The van der Waals surface area contributed by atoms with E-state index in [0.717, 1.165) is 5.69 Å². The van der Waals surface area contributed by atoms with E-state index in [1.807, 2.05) is 33.0 Å². The highest BCUT2D eigenvalue weighted by atomic mass is 16.1. The van der Waals surface area contributed by atoms with Gasteiger partial charge in [0, 0.05) is 17.2 Å². The Hall–Kier alpha value is -1.12. The van der Waals surface area contributed by atoms with Crippen LogP contribution in [0.4, 0.5) is 0 Å². The van der Waals surface area contributed by atoms with E-state index in [2.05, 4.69) is 25.8 Å². The van der Waals surface area contributed by atoms with E-state index in [4.69, 9.17) is 0 Å². The molecule has 0 aliphatic carbocycles. The molecule has 0 saturated heterocycles. The van der Waals surface area contributed by atoms with Crippen LogP contribution < -0.4 is 5.69 Å². The van der Waals surface area contributed by atoms with Gasteiger partial charge in [0.2, 0.25) is 0 Å². The summed E-state index contributed by atoms with van der Waals surface area (Å²) in [4.78, 5) is 15.9. The number of hydrogen-bond acceptors (Lipinski definition) is 2. The second-order valence-electron chi connectivity index (χ2n) is 5.89. The zero-order valence-corrected chi connectivity index (χ0v) is 10.5. The fourth-order valence-corrected chi connectivity index (χ4v) is 1.33. The first-order chi connectivity index (χ1) is 6.62. The Morgan fingerprint density at radius 1 is 1.13 bits per heavy atom. The molecule has 0 aromatic carbocycles. The van der Waals surface area contributed by atoms with E-state index in [0.29, 0.717) is 0 Å². The molecule has 1 aromatic heterocycles. The van der Waals surface area contributed by atoms with Crippen molar-refractivity contribution in [3.05, 3.63) is 28.4 Å². The molecule has 0 aliphatic heterocycles. The van der Waals surface area contributed by atoms with Gasteiger partial charge >= 0.3 is 5.69 Å². The molecule has 1 heterocycles. The van der Waals surface area contributed by atoms with Gasteiger partial charge in [0.05, 0.1) is 5.69 Å². The summed E-state index contributed by atoms with van der Waals surface area (Å²) in [6.45, 7) is 12.1. The van der Waals surface area contributed by atoms with Gasteiger partial charge in [-0.15, -0.1) is 0 Å². The third-order valence-corrected chi connectivity index (χ3v) is 2.29. The summed E-state index contributed by atoms with van der Waals surface area (Å²) in [6, 6.07) is 1.92. The number of rotatable bonds is 0. The van der Waals surface area contributed by atoms with Gasteiger partial charge in [-0.3, -0.25) is 4.57 Å². The highest BCUT2D eigenvalue weighted by molar-refractivity contribution is 5.10. The predicted molar refractivity (Wildman–Crippen MR) is 62.2 cm³/mol.